The van der Waals surface area contributed by atoms with Gasteiger partial charge in [-0.05, 0) is 0 Å². The molecular formula is C6H14N2O3. The number of hydrogen-bond acceptors (Lipinski definition) is 3. The van der Waals surface area contributed by atoms with Crippen LogP contribution in [0, 0.1) is 16.3 Å². The van der Waals surface area contributed by atoms with Crippen molar-refractivity contribution in [2.24, 2.45) is 5.92 Å². The third-order valence-electron chi connectivity index (χ3n) is 2.29. The largest absolute Gasteiger partial charge is 0.634 e. The fourth-order valence-electron chi connectivity index (χ4n) is 1.57. The molecule has 0 aromatic rings. The molecule has 5 nitrogen and oxygen atoms in total. The predicted molar refractivity (Wildman–Crippen MR) is 37.7 cm³/mol. The van der Waals surface area contributed by atoms with Crippen molar-refractivity contribution in [3.05, 3.63) is 10.4 Å². The van der Waals surface area contributed by atoms with E-state index in [0.29, 0.717) is 19.5 Å². The number of nitrogens with one attached hydrogen (secondary N) is 2. The summed E-state index contributed by atoms with van der Waals surface area (Å²) in [6, 6.07) is -0.298. The highest BCUT2D eigenvalue weighted by Crippen LogP contribution is 2.03. The second-order valence-corrected chi connectivity index (χ2v) is 3.20. The topological polar surface area (TPSA) is 75.2 Å². The Morgan fingerprint density at radius 3 is 2.73 bits per heavy atom. The van der Waals surface area contributed by atoms with E-state index < -0.39 is 5.23 Å². The Morgan fingerprint density at radius 1 is 1.64 bits per heavy atom. The molecule has 66 valence electrons. The van der Waals surface area contributed by atoms with Gasteiger partial charge in [0, 0.05) is 0 Å². The Kier molecular flexibility index (Phi) is 2.80. The molecule has 4 unspecified atom stereocenters. The average Bonchev–Trinajstić information content (AvgIpc) is 1.85. The van der Waals surface area contributed by atoms with Crippen LogP contribution in [0.5, 0.6) is 0 Å². The average molecular weight is 162 g/mol. The van der Waals surface area contributed by atoms with Crippen molar-refractivity contribution in [1.82, 2.24) is 0 Å². The van der Waals surface area contributed by atoms with E-state index in [1.54, 1.807) is 0 Å². The molecule has 0 radical (unpaired) electrons. The lowest BCUT2D eigenvalue weighted by Gasteiger charge is -2.37. The van der Waals surface area contributed by atoms with Crippen LogP contribution in [-0.2, 0) is 0 Å². The zero-order chi connectivity index (χ0) is 8.43. The Labute approximate surface area is 65.3 Å². The van der Waals surface area contributed by atoms with Gasteiger partial charge in [0.05, 0.1) is 25.4 Å². The predicted octanol–water partition coefficient (Wildman–Crippen LogP) is -2.45. The van der Waals surface area contributed by atoms with Crippen molar-refractivity contribution >= 4 is 0 Å². The third-order valence-corrected chi connectivity index (χ3v) is 2.29. The molecule has 4 atom stereocenters. The first-order valence-corrected chi connectivity index (χ1v) is 3.85. The molecule has 3 N–H and O–H groups in total. The van der Waals surface area contributed by atoms with Gasteiger partial charge in [0.15, 0.2) is 0 Å². The molecule has 0 bridgehead atoms. The van der Waals surface area contributed by atoms with Gasteiger partial charge in [-0.2, -0.15) is 0 Å². The van der Waals surface area contributed by atoms with Gasteiger partial charge >= 0.3 is 0 Å². The summed E-state index contributed by atoms with van der Waals surface area (Å²) in [6.07, 6.45) is 0.523. The van der Waals surface area contributed by atoms with Gasteiger partial charge in [0.25, 0.3) is 0 Å². The van der Waals surface area contributed by atoms with Gasteiger partial charge < -0.3 is 15.5 Å². The molecule has 1 saturated heterocycles. The smallest absolute Gasteiger partial charge is 0.130 e. The number of rotatable bonds is 1. The lowest BCUT2D eigenvalue weighted by Crippen LogP contribution is -3.16. The molecular weight excluding hydrogens is 148 g/mol. The van der Waals surface area contributed by atoms with Crippen molar-refractivity contribution in [2.45, 2.75) is 19.4 Å². The van der Waals surface area contributed by atoms with Gasteiger partial charge in [0.2, 0.25) is 0 Å². The molecule has 0 aromatic heterocycles. The van der Waals surface area contributed by atoms with E-state index in [2.05, 4.69) is 0 Å². The van der Waals surface area contributed by atoms with Crippen LogP contribution >= 0.6 is 0 Å². The summed E-state index contributed by atoms with van der Waals surface area (Å²) in [5, 5.41) is 29.5. The Balaban J connectivity index is 2.44. The Hall–Kier alpha value is -0.200. The van der Waals surface area contributed by atoms with E-state index in [0.717, 1.165) is 0 Å². The second kappa shape index (κ2) is 3.46. The minimum absolute atomic E-state index is 0.0220. The molecule has 0 saturated carbocycles. The summed E-state index contributed by atoms with van der Waals surface area (Å²) < 4.78 is 0. The van der Waals surface area contributed by atoms with Crippen LogP contribution in [0.2, 0.25) is 0 Å². The standard InChI is InChI=1S/C6H14N2O3/c1-5-4-7(9)3-2-6(5)8(10)11/h5-8,10H,2-4H2,1H3. The van der Waals surface area contributed by atoms with E-state index in [9.17, 15) is 10.4 Å². The first kappa shape index (κ1) is 8.89. The van der Waals surface area contributed by atoms with Gasteiger partial charge in [-0.3, -0.25) is 0 Å². The lowest BCUT2D eigenvalue weighted by atomic mass is 9.96. The first-order valence-electron chi connectivity index (χ1n) is 3.85. The minimum atomic E-state index is -0.759. The van der Waals surface area contributed by atoms with Crippen LogP contribution in [0.25, 0.3) is 0 Å². The maximum atomic E-state index is 10.8. The molecule has 0 aliphatic carbocycles. The van der Waals surface area contributed by atoms with Crippen LogP contribution in [0.3, 0.4) is 0 Å². The molecule has 11 heavy (non-hydrogen) atoms. The Bertz CT molecular complexity index is 131. The molecule has 1 aliphatic rings. The number of hydrogen-bond donors (Lipinski definition) is 3. The molecule has 0 spiro atoms. The van der Waals surface area contributed by atoms with Crippen LogP contribution in [-0.4, -0.2) is 24.3 Å². The molecule has 1 rings (SSSR count). The fraction of sp³-hybridized carbons (Fsp3) is 1.00. The minimum Gasteiger partial charge on any atom is -0.634 e. The van der Waals surface area contributed by atoms with E-state index in [1.165, 1.54) is 0 Å². The van der Waals surface area contributed by atoms with Crippen molar-refractivity contribution in [3.63, 3.8) is 0 Å². The fourth-order valence-corrected chi connectivity index (χ4v) is 1.57. The van der Waals surface area contributed by atoms with Crippen LogP contribution in [0.4, 0.5) is 0 Å². The summed E-state index contributed by atoms with van der Waals surface area (Å²) in [7, 11) is 0. The molecule has 0 aromatic carbocycles. The zero-order valence-electron chi connectivity index (χ0n) is 6.54. The zero-order valence-corrected chi connectivity index (χ0v) is 6.54. The summed E-state index contributed by atoms with van der Waals surface area (Å²) in [4.78, 5) is 0. The highest BCUT2D eigenvalue weighted by Gasteiger charge is 2.30. The highest BCUT2D eigenvalue weighted by atomic mass is 16.8. The number of quaternary nitrogens is 2. The van der Waals surface area contributed by atoms with Crippen LogP contribution < -0.4 is 10.3 Å². The van der Waals surface area contributed by atoms with E-state index in [-0.39, 0.29) is 17.0 Å². The summed E-state index contributed by atoms with van der Waals surface area (Å²) >= 11 is 0. The summed E-state index contributed by atoms with van der Waals surface area (Å²) in [5.41, 5.74) is 0. The van der Waals surface area contributed by atoms with E-state index >= 15 is 0 Å². The number of piperidine rings is 1. The van der Waals surface area contributed by atoms with Gasteiger partial charge in [-0.15, -0.1) is 0 Å². The molecule has 1 fully saturated rings. The van der Waals surface area contributed by atoms with E-state index in [1.807, 2.05) is 6.92 Å². The number of hydroxylamine groups is 4. The normalized spacial score (nSPS) is 42.0. The molecule has 1 heterocycles. The van der Waals surface area contributed by atoms with Gasteiger partial charge in [0.1, 0.15) is 6.04 Å². The monoisotopic (exact) mass is 162 g/mol. The summed E-state index contributed by atoms with van der Waals surface area (Å²) in [6.45, 7) is 2.72. The molecule has 0 amide bonds. The molecule has 5 heteroatoms. The quantitative estimate of drug-likeness (QED) is 0.296. The van der Waals surface area contributed by atoms with Crippen molar-refractivity contribution < 1.29 is 15.5 Å². The van der Waals surface area contributed by atoms with Crippen LogP contribution in [0.15, 0.2) is 0 Å². The first-order chi connectivity index (χ1) is 5.11. The third kappa shape index (κ3) is 2.11. The van der Waals surface area contributed by atoms with Gasteiger partial charge in [-0.25, -0.2) is 10.4 Å². The van der Waals surface area contributed by atoms with Gasteiger partial charge in [-0.1, -0.05) is 6.92 Å². The second-order valence-electron chi connectivity index (χ2n) is 3.20. The maximum absolute atomic E-state index is 10.8. The van der Waals surface area contributed by atoms with Crippen molar-refractivity contribution in [3.8, 4) is 0 Å². The Morgan fingerprint density at radius 2 is 2.27 bits per heavy atom. The summed E-state index contributed by atoms with van der Waals surface area (Å²) in [5.74, 6) is 0.0220. The SMILES string of the molecule is CC1C[NH+]([O-])CCC1[NH+]([O-])O. The molecule has 1 aliphatic heterocycles. The maximum Gasteiger partial charge on any atom is 0.130 e. The highest BCUT2D eigenvalue weighted by molar-refractivity contribution is 4.66. The lowest BCUT2D eigenvalue weighted by molar-refractivity contribution is -1.08. The van der Waals surface area contributed by atoms with Crippen molar-refractivity contribution in [1.29, 1.82) is 0 Å². The van der Waals surface area contributed by atoms with E-state index in [4.69, 9.17) is 5.21 Å². The van der Waals surface area contributed by atoms with Crippen LogP contribution in [0.1, 0.15) is 13.3 Å². The van der Waals surface area contributed by atoms with Crippen molar-refractivity contribution in [2.75, 3.05) is 13.1 Å².